The second-order valence-corrected chi connectivity index (χ2v) is 10.2. The van der Waals surface area contributed by atoms with E-state index in [0.29, 0.717) is 104 Å². The van der Waals surface area contributed by atoms with Crippen molar-refractivity contribution in [1.29, 1.82) is 0 Å². The van der Waals surface area contributed by atoms with Crippen LogP contribution in [0.15, 0.2) is 24.3 Å². The van der Waals surface area contributed by atoms with Gasteiger partial charge in [-0.2, -0.15) is 0 Å². The van der Waals surface area contributed by atoms with Crippen LogP contribution in [0.1, 0.15) is 13.8 Å². The van der Waals surface area contributed by atoms with Crippen molar-refractivity contribution in [3.63, 3.8) is 0 Å². The zero-order valence-corrected chi connectivity index (χ0v) is 30.7. The number of ether oxygens (including phenoxy) is 14. The Morgan fingerprint density at radius 2 is 0.404 bits per heavy atom. The monoisotopic (exact) mass is 754 g/mol. The first-order valence-corrected chi connectivity index (χ1v) is 17.0. The van der Waals surface area contributed by atoms with Gasteiger partial charge in [0.2, 0.25) is 0 Å². The highest BCUT2D eigenvalue weighted by Crippen LogP contribution is 1.93. The van der Waals surface area contributed by atoms with Crippen LogP contribution in [0.5, 0.6) is 0 Å². The molecule has 0 N–H and O–H groups in total. The van der Waals surface area contributed by atoms with Crippen LogP contribution in [0.25, 0.3) is 0 Å². The second-order valence-electron chi connectivity index (χ2n) is 10.2. The Hall–Kier alpha value is -3.04. The largest absolute Gasteiger partial charge is 0.460 e. The van der Waals surface area contributed by atoms with Crippen molar-refractivity contribution in [3.8, 4) is 0 Å². The Labute approximate surface area is 306 Å². The Bertz CT molecular complexity index is 869. The lowest BCUT2D eigenvalue weighted by atomic mass is 10.4. The summed E-state index contributed by atoms with van der Waals surface area (Å²) >= 11 is 0. The van der Waals surface area contributed by atoms with Crippen molar-refractivity contribution in [2.45, 2.75) is 13.8 Å². The van der Waals surface area contributed by atoms with Gasteiger partial charge in [0.1, 0.15) is 26.4 Å². The lowest BCUT2D eigenvalue weighted by Crippen LogP contribution is -2.24. The Balaban J connectivity index is 3.30. The van der Waals surface area contributed by atoms with Gasteiger partial charge in [0.15, 0.2) is 0 Å². The lowest BCUT2D eigenvalue weighted by Gasteiger charge is -2.09. The SMILES string of the molecule is C=C(C)C(=O)OCCOCCOCCOCCOCCOCCOC(=O)C(=O)OCCOCCOCCOCCOCCOCCOC(=O)C(=C)C. The van der Waals surface area contributed by atoms with Gasteiger partial charge in [0.25, 0.3) is 0 Å². The summed E-state index contributed by atoms with van der Waals surface area (Å²) < 4.78 is 72.8. The van der Waals surface area contributed by atoms with E-state index in [1.165, 1.54) is 0 Å². The maximum absolute atomic E-state index is 11.7. The van der Waals surface area contributed by atoms with Crippen LogP contribution in [-0.4, -0.2) is 182 Å². The highest BCUT2D eigenvalue weighted by atomic mass is 16.6. The number of carbonyl (C=O) groups excluding carboxylic acids is 4. The Morgan fingerprint density at radius 1 is 0.269 bits per heavy atom. The minimum atomic E-state index is -1.11. The van der Waals surface area contributed by atoms with Crippen molar-refractivity contribution < 1.29 is 85.5 Å². The molecule has 0 aromatic carbocycles. The van der Waals surface area contributed by atoms with E-state index in [-0.39, 0.29) is 66.1 Å². The van der Waals surface area contributed by atoms with Crippen LogP contribution in [0.2, 0.25) is 0 Å². The van der Waals surface area contributed by atoms with Gasteiger partial charge in [-0.3, -0.25) is 0 Å². The fourth-order valence-corrected chi connectivity index (χ4v) is 3.10. The summed E-state index contributed by atoms with van der Waals surface area (Å²) in [5.41, 5.74) is 0.691. The second kappa shape index (κ2) is 37.7. The first-order valence-electron chi connectivity index (χ1n) is 17.0. The van der Waals surface area contributed by atoms with Crippen LogP contribution in [-0.2, 0) is 85.5 Å². The summed E-state index contributed by atoms with van der Waals surface area (Å²) in [5, 5.41) is 0. The summed E-state index contributed by atoms with van der Waals surface area (Å²) in [5.74, 6) is -3.11. The van der Waals surface area contributed by atoms with Crippen molar-refractivity contribution in [1.82, 2.24) is 0 Å². The molecule has 0 atom stereocenters. The van der Waals surface area contributed by atoms with Crippen molar-refractivity contribution in [3.05, 3.63) is 24.3 Å². The third kappa shape index (κ3) is 35.4. The Morgan fingerprint density at radius 3 is 0.558 bits per heavy atom. The molecular weight excluding hydrogens is 696 g/mol. The molecule has 0 aromatic heterocycles. The molecule has 0 bridgehead atoms. The summed E-state index contributed by atoms with van der Waals surface area (Å²) in [7, 11) is 0. The highest BCUT2D eigenvalue weighted by molar-refractivity contribution is 6.29. The van der Waals surface area contributed by atoms with Gasteiger partial charge in [0, 0.05) is 11.1 Å². The van der Waals surface area contributed by atoms with Crippen molar-refractivity contribution in [2.24, 2.45) is 0 Å². The minimum Gasteiger partial charge on any atom is -0.460 e. The quantitative estimate of drug-likeness (QED) is 0.0277. The standard InChI is InChI=1S/C34H58O18/c1-29(2)31(35)49-25-21-45-17-13-41-9-5-39-7-11-43-15-19-47-23-27-51-33(37)34(38)52-28-24-48-20-16-44-12-8-40-6-10-42-14-18-46-22-26-50-32(36)30(3)4/h1,3,5-28H2,2,4H3. The van der Waals surface area contributed by atoms with Crippen LogP contribution in [0, 0.1) is 0 Å². The molecule has 0 spiro atoms. The van der Waals surface area contributed by atoms with Gasteiger partial charge in [-0.25, -0.2) is 19.2 Å². The molecule has 0 radical (unpaired) electrons. The minimum absolute atomic E-state index is 0.0932. The summed E-state index contributed by atoms with van der Waals surface area (Å²) in [4.78, 5) is 45.7. The molecule has 0 amide bonds. The third-order valence-corrected chi connectivity index (χ3v) is 5.68. The number of hydrogen-bond donors (Lipinski definition) is 0. The topological polar surface area (TPSA) is 197 Å². The van der Waals surface area contributed by atoms with Crippen LogP contribution in [0.3, 0.4) is 0 Å². The molecule has 0 heterocycles. The smallest absolute Gasteiger partial charge is 0.417 e. The molecule has 0 aliphatic carbocycles. The number of carbonyl (C=O) groups is 4. The van der Waals surface area contributed by atoms with E-state index in [1.54, 1.807) is 13.8 Å². The molecule has 0 fully saturated rings. The van der Waals surface area contributed by atoms with E-state index in [4.69, 9.17) is 66.3 Å². The first kappa shape index (κ1) is 49.0. The number of esters is 4. The first-order chi connectivity index (χ1) is 25.3. The molecule has 18 heteroatoms. The van der Waals surface area contributed by atoms with E-state index in [0.717, 1.165) is 0 Å². The molecule has 302 valence electrons. The molecule has 0 aromatic rings. The summed E-state index contributed by atoms with van der Waals surface area (Å²) in [6.07, 6.45) is 0. The highest BCUT2D eigenvalue weighted by Gasteiger charge is 2.16. The van der Waals surface area contributed by atoms with Gasteiger partial charge in [0.05, 0.1) is 132 Å². The predicted molar refractivity (Wildman–Crippen MR) is 182 cm³/mol. The molecular formula is C34H58O18. The molecule has 0 aliphatic rings. The van der Waals surface area contributed by atoms with Crippen LogP contribution >= 0.6 is 0 Å². The maximum Gasteiger partial charge on any atom is 0.417 e. The zero-order valence-electron chi connectivity index (χ0n) is 30.7. The van der Waals surface area contributed by atoms with Gasteiger partial charge in [-0.15, -0.1) is 0 Å². The molecule has 0 saturated heterocycles. The van der Waals surface area contributed by atoms with Gasteiger partial charge >= 0.3 is 23.9 Å². The fraction of sp³-hybridized carbons (Fsp3) is 0.765. The van der Waals surface area contributed by atoms with Crippen LogP contribution in [0.4, 0.5) is 0 Å². The van der Waals surface area contributed by atoms with E-state index in [1.807, 2.05) is 0 Å². The fourth-order valence-electron chi connectivity index (χ4n) is 3.10. The molecule has 0 rings (SSSR count). The molecule has 0 unspecified atom stereocenters. The van der Waals surface area contributed by atoms with Crippen LogP contribution < -0.4 is 0 Å². The average molecular weight is 755 g/mol. The summed E-state index contributed by atoms with van der Waals surface area (Å²) in [6, 6.07) is 0. The van der Waals surface area contributed by atoms with Crippen molar-refractivity contribution in [2.75, 3.05) is 159 Å². The predicted octanol–water partition coefficient (Wildman–Crippen LogP) is 0.477. The number of hydrogen-bond acceptors (Lipinski definition) is 18. The van der Waals surface area contributed by atoms with Gasteiger partial charge < -0.3 is 66.3 Å². The van der Waals surface area contributed by atoms with E-state index >= 15 is 0 Å². The normalized spacial score (nSPS) is 10.9. The average Bonchev–Trinajstić information content (AvgIpc) is 3.12. The Kier molecular flexibility index (Phi) is 35.5. The van der Waals surface area contributed by atoms with E-state index < -0.39 is 23.9 Å². The number of rotatable bonds is 38. The van der Waals surface area contributed by atoms with Gasteiger partial charge in [-0.1, -0.05) is 13.2 Å². The molecule has 0 saturated carbocycles. The van der Waals surface area contributed by atoms with Crippen molar-refractivity contribution >= 4 is 23.9 Å². The third-order valence-electron chi connectivity index (χ3n) is 5.68. The maximum atomic E-state index is 11.7. The lowest BCUT2D eigenvalue weighted by molar-refractivity contribution is -0.169. The zero-order chi connectivity index (χ0) is 38.3. The van der Waals surface area contributed by atoms with E-state index in [9.17, 15) is 19.2 Å². The molecule has 18 nitrogen and oxygen atoms in total. The molecule has 52 heavy (non-hydrogen) atoms. The molecule has 0 aliphatic heterocycles. The summed E-state index contributed by atoms with van der Waals surface area (Å²) in [6.45, 7) is 16.9. The van der Waals surface area contributed by atoms with Gasteiger partial charge in [-0.05, 0) is 13.8 Å². The van der Waals surface area contributed by atoms with E-state index in [2.05, 4.69) is 13.2 Å².